The third kappa shape index (κ3) is 3.60. The van der Waals surface area contributed by atoms with Crippen LogP contribution in [0.5, 0.6) is 0 Å². The molecule has 0 bridgehead atoms. The van der Waals surface area contributed by atoms with E-state index in [4.69, 9.17) is 5.11 Å². The first-order valence-electron chi connectivity index (χ1n) is 9.04. The van der Waals surface area contributed by atoms with Gasteiger partial charge in [0.05, 0.1) is 5.56 Å². The minimum Gasteiger partial charge on any atom is -0.478 e. The second kappa shape index (κ2) is 6.98. The van der Waals surface area contributed by atoms with Gasteiger partial charge < -0.3 is 5.11 Å². The van der Waals surface area contributed by atoms with Gasteiger partial charge in [0.2, 0.25) is 0 Å². The van der Waals surface area contributed by atoms with Crippen LogP contribution in [0.1, 0.15) is 27.0 Å². The second-order valence-electron chi connectivity index (χ2n) is 7.14. The van der Waals surface area contributed by atoms with Gasteiger partial charge in [0.25, 0.3) is 0 Å². The number of carboxylic acid groups (broad SMARTS) is 1. The van der Waals surface area contributed by atoms with Crippen molar-refractivity contribution in [3.8, 4) is 0 Å². The van der Waals surface area contributed by atoms with Gasteiger partial charge in [-0.1, -0.05) is 36.4 Å². The molecule has 0 atom stereocenters. The van der Waals surface area contributed by atoms with E-state index in [1.54, 1.807) is 12.1 Å². The number of carboxylic acids is 1. The quantitative estimate of drug-likeness (QED) is 0.932. The lowest BCUT2D eigenvalue weighted by Crippen LogP contribution is -2.50. The zero-order chi connectivity index (χ0) is 17.2. The summed E-state index contributed by atoms with van der Waals surface area (Å²) in [6.45, 7) is 5.29. The largest absolute Gasteiger partial charge is 0.478 e. The Morgan fingerprint density at radius 2 is 1.52 bits per heavy atom. The fourth-order valence-electron chi connectivity index (χ4n) is 4.09. The number of carbonyl (C=O) groups is 1. The Labute approximate surface area is 148 Å². The Bertz CT molecular complexity index is 724. The molecule has 0 spiro atoms. The SMILES string of the molecule is O=C(O)c1ccc(CN2CCN(C3Cc4ccccc4C3)CC2)cc1. The van der Waals surface area contributed by atoms with Crippen LogP contribution in [0.25, 0.3) is 0 Å². The molecule has 1 N–H and O–H groups in total. The van der Waals surface area contributed by atoms with Gasteiger partial charge in [0, 0.05) is 38.8 Å². The van der Waals surface area contributed by atoms with Crippen LogP contribution >= 0.6 is 0 Å². The Morgan fingerprint density at radius 1 is 0.920 bits per heavy atom. The smallest absolute Gasteiger partial charge is 0.335 e. The molecule has 0 radical (unpaired) electrons. The fraction of sp³-hybridized carbons (Fsp3) is 0.381. The molecule has 4 heteroatoms. The number of fused-ring (bicyclic) bond motifs is 1. The number of rotatable bonds is 4. The Kier molecular flexibility index (Phi) is 4.55. The van der Waals surface area contributed by atoms with Gasteiger partial charge in [-0.3, -0.25) is 9.80 Å². The normalized spacial score (nSPS) is 19.0. The lowest BCUT2D eigenvalue weighted by atomic mass is 10.1. The molecule has 0 aromatic heterocycles. The van der Waals surface area contributed by atoms with Crippen LogP contribution in [0.15, 0.2) is 48.5 Å². The Balaban J connectivity index is 1.29. The maximum absolute atomic E-state index is 10.9. The summed E-state index contributed by atoms with van der Waals surface area (Å²) in [5.41, 5.74) is 4.59. The van der Waals surface area contributed by atoms with E-state index in [1.165, 1.54) is 29.5 Å². The molecule has 2 aromatic carbocycles. The van der Waals surface area contributed by atoms with Crippen molar-refractivity contribution >= 4 is 5.97 Å². The number of nitrogens with zero attached hydrogens (tertiary/aromatic N) is 2. The lowest BCUT2D eigenvalue weighted by Gasteiger charge is -2.38. The summed E-state index contributed by atoms with van der Waals surface area (Å²) in [5, 5.41) is 8.98. The Hall–Kier alpha value is -2.17. The van der Waals surface area contributed by atoms with Crippen LogP contribution in [0.3, 0.4) is 0 Å². The van der Waals surface area contributed by atoms with Crippen LogP contribution in [0, 0.1) is 0 Å². The van der Waals surface area contributed by atoms with E-state index in [-0.39, 0.29) is 0 Å². The van der Waals surface area contributed by atoms with Crippen molar-refractivity contribution in [3.05, 3.63) is 70.8 Å². The van der Waals surface area contributed by atoms with E-state index < -0.39 is 5.97 Å². The maximum atomic E-state index is 10.9. The summed E-state index contributed by atoms with van der Waals surface area (Å²) in [4.78, 5) is 16.0. The number of aromatic carboxylic acids is 1. The van der Waals surface area contributed by atoms with Crippen molar-refractivity contribution in [1.82, 2.24) is 9.80 Å². The fourth-order valence-corrected chi connectivity index (χ4v) is 4.09. The first-order chi connectivity index (χ1) is 12.2. The van der Waals surface area contributed by atoms with Crippen molar-refractivity contribution in [2.45, 2.75) is 25.4 Å². The van der Waals surface area contributed by atoms with Crippen molar-refractivity contribution in [2.75, 3.05) is 26.2 Å². The molecule has 2 aliphatic rings. The molecule has 0 unspecified atom stereocenters. The number of benzene rings is 2. The van der Waals surface area contributed by atoms with Gasteiger partial charge in [-0.05, 0) is 41.7 Å². The maximum Gasteiger partial charge on any atom is 0.335 e. The highest BCUT2D eigenvalue weighted by Crippen LogP contribution is 2.26. The summed E-state index contributed by atoms with van der Waals surface area (Å²) in [6.07, 6.45) is 2.37. The lowest BCUT2D eigenvalue weighted by molar-refractivity contribution is 0.0697. The molecule has 1 heterocycles. The van der Waals surface area contributed by atoms with Crippen LogP contribution in [0.2, 0.25) is 0 Å². The molecule has 1 aliphatic heterocycles. The number of hydrogen-bond donors (Lipinski definition) is 1. The van der Waals surface area contributed by atoms with Gasteiger partial charge in [-0.2, -0.15) is 0 Å². The predicted molar refractivity (Wildman–Crippen MR) is 97.9 cm³/mol. The topological polar surface area (TPSA) is 43.8 Å². The number of hydrogen-bond acceptors (Lipinski definition) is 3. The van der Waals surface area contributed by atoms with E-state index in [1.807, 2.05) is 12.1 Å². The summed E-state index contributed by atoms with van der Waals surface area (Å²) in [5.74, 6) is -0.863. The van der Waals surface area contributed by atoms with Gasteiger partial charge in [-0.25, -0.2) is 4.79 Å². The average Bonchev–Trinajstić information content (AvgIpc) is 3.07. The van der Waals surface area contributed by atoms with Gasteiger partial charge >= 0.3 is 5.97 Å². The molecule has 2 aromatic rings. The molecule has 4 rings (SSSR count). The first kappa shape index (κ1) is 16.3. The molecular formula is C21H24N2O2. The van der Waals surface area contributed by atoms with Crippen LogP contribution in [0.4, 0.5) is 0 Å². The minimum absolute atomic E-state index is 0.356. The molecule has 130 valence electrons. The average molecular weight is 336 g/mol. The van der Waals surface area contributed by atoms with Gasteiger partial charge in [0.15, 0.2) is 0 Å². The van der Waals surface area contributed by atoms with Crippen LogP contribution < -0.4 is 0 Å². The van der Waals surface area contributed by atoms with E-state index in [9.17, 15) is 4.79 Å². The van der Waals surface area contributed by atoms with Crippen molar-refractivity contribution < 1.29 is 9.90 Å². The van der Waals surface area contributed by atoms with Gasteiger partial charge in [0.1, 0.15) is 0 Å². The van der Waals surface area contributed by atoms with E-state index in [0.29, 0.717) is 11.6 Å². The highest BCUT2D eigenvalue weighted by molar-refractivity contribution is 5.87. The third-order valence-electron chi connectivity index (χ3n) is 5.56. The monoisotopic (exact) mass is 336 g/mol. The molecular weight excluding hydrogens is 312 g/mol. The highest BCUT2D eigenvalue weighted by Gasteiger charge is 2.28. The molecule has 0 amide bonds. The highest BCUT2D eigenvalue weighted by atomic mass is 16.4. The first-order valence-corrected chi connectivity index (χ1v) is 9.04. The molecule has 4 nitrogen and oxygen atoms in total. The standard InChI is InChI=1S/C21H24N2O2/c24-21(25)17-7-5-16(6-8-17)15-22-9-11-23(12-10-22)20-13-18-3-1-2-4-19(18)14-20/h1-8,20H,9-15H2,(H,24,25). The Morgan fingerprint density at radius 3 is 2.08 bits per heavy atom. The molecule has 1 saturated heterocycles. The summed E-state index contributed by atoms with van der Waals surface area (Å²) < 4.78 is 0. The predicted octanol–water partition coefficient (Wildman–Crippen LogP) is 2.67. The zero-order valence-electron chi connectivity index (χ0n) is 14.4. The zero-order valence-corrected chi connectivity index (χ0v) is 14.4. The minimum atomic E-state index is -0.863. The van der Waals surface area contributed by atoms with Crippen molar-refractivity contribution in [1.29, 1.82) is 0 Å². The van der Waals surface area contributed by atoms with Crippen LogP contribution in [-0.2, 0) is 19.4 Å². The molecule has 0 saturated carbocycles. The van der Waals surface area contributed by atoms with E-state index in [2.05, 4.69) is 34.1 Å². The summed E-state index contributed by atoms with van der Waals surface area (Å²) >= 11 is 0. The van der Waals surface area contributed by atoms with E-state index in [0.717, 1.165) is 32.7 Å². The molecule has 25 heavy (non-hydrogen) atoms. The molecule has 1 fully saturated rings. The number of piperazine rings is 1. The van der Waals surface area contributed by atoms with E-state index >= 15 is 0 Å². The summed E-state index contributed by atoms with van der Waals surface area (Å²) in [6, 6.07) is 16.8. The third-order valence-corrected chi connectivity index (χ3v) is 5.56. The van der Waals surface area contributed by atoms with Gasteiger partial charge in [-0.15, -0.1) is 0 Å². The van der Waals surface area contributed by atoms with Crippen molar-refractivity contribution in [2.24, 2.45) is 0 Å². The van der Waals surface area contributed by atoms with Crippen LogP contribution in [-0.4, -0.2) is 53.1 Å². The second-order valence-corrected chi connectivity index (χ2v) is 7.14. The summed E-state index contributed by atoms with van der Waals surface area (Å²) in [7, 11) is 0. The van der Waals surface area contributed by atoms with Crippen molar-refractivity contribution in [3.63, 3.8) is 0 Å². The molecule has 1 aliphatic carbocycles.